The summed E-state index contributed by atoms with van der Waals surface area (Å²) in [4.78, 5) is 16.8. The number of rotatable bonds is 6. The van der Waals surface area contributed by atoms with Crippen LogP contribution in [0.3, 0.4) is 0 Å². The zero-order chi connectivity index (χ0) is 16.8. The predicted octanol–water partition coefficient (Wildman–Crippen LogP) is 1.57. The first kappa shape index (κ1) is 15.6. The Labute approximate surface area is 138 Å². The van der Waals surface area contributed by atoms with Gasteiger partial charge in [-0.1, -0.05) is 17.3 Å². The van der Waals surface area contributed by atoms with Crippen molar-refractivity contribution in [1.29, 1.82) is 0 Å². The van der Waals surface area contributed by atoms with Crippen LogP contribution in [0.1, 0.15) is 17.3 Å². The van der Waals surface area contributed by atoms with Gasteiger partial charge in [-0.2, -0.15) is 5.21 Å². The average Bonchev–Trinajstić information content (AvgIpc) is 3.15. The number of ether oxygens (including phenoxy) is 1. The molecule has 3 aromatic rings. The molecule has 24 heavy (non-hydrogen) atoms. The van der Waals surface area contributed by atoms with Crippen LogP contribution in [0.5, 0.6) is 5.75 Å². The van der Waals surface area contributed by atoms with Crippen molar-refractivity contribution < 1.29 is 9.53 Å². The van der Waals surface area contributed by atoms with E-state index in [1.807, 2.05) is 24.3 Å². The molecule has 0 saturated heterocycles. The molecule has 0 fully saturated rings. The van der Waals surface area contributed by atoms with E-state index in [9.17, 15) is 4.79 Å². The van der Waals surface area contributed by atoms with E-state index in [4.69, 9.17) is 4.74 Å². The van der Waals surface area contributed by atoms with Crippen molar-refractivity contribution in [3.8, 4) is 5.75 Å². The highest BCUT2D eigenvalue weighted by atomic mass is 16.5. The Morgan fingerprint density at radius 1 is 1.25 bits per heavy atom. The second-order valence-electron chi connectivity index (χ2n) is 5.07. The quantitative estimate of drug-likeness (QED) is 0.713. The fourth-order valence-corrected chi connectivity index (χ4v) is 2.34. The van der Waals surface area contributed by atoms with Gasteiger partial charge in [-0.3, -0.25) is 9.78 Å². The first-order valence-electron chi connectivity index (χ1n) is 7.34. The number of para-hydroxylation sites is 2. The van der Waals surface area contributed by atoms with Gasteiger partial charge in [-0.05, 0) is 36.2 Å². The molecule has 2 heterocycles. The number of hydrogen-bond donors (Lipinski definition) is 2. The molecule has 8 nitrogen and oxygen atoms in total. The molecule has 1 aromatic carbocycles. The lowest BCUT2D eigenvalue weighted by atomic mass is 9.98. The fraction of sp³-hybridized carbons (Fsp3) is 0.188. The predicted molar refractivity (Wildman–Crippen MR) is 86.5 cm³/mol. The van der Waals surface area contributed by atoms with Crippen molar-refractivity contribution in [2.75, 3.05) is 12.4 Å². The molecule has 0 aliphatic rings. The van der Waals surface area contributed by atoms with Crippen LogP contribution in [0.4, 0.5) is 5.69 Å². The second-order valence-corrected chi connectivity index (χ2v) is 5.07. The number of tetrazole rings is 1. The van der Waals surface area contributed by atoms with Crippen LogP contribution in [-0.4, -0.2) is 38.6 Å². The summed E-state index contributed by atoms with van der Waals surface area (Å²) in [6.07, 6.45) is 3.80. The summed E-state index contributed by atoms with van der Waals surface area (Å²) in [7, 11) is 1.55. The molecule has 0 saturated carbocycles. The van der Waals surface area contributed by atoms with Gasteiger partial charge in [0, 0.05) is 12.4 Å². The zero-order valence-corrected chi connectivity index (χ0v) is 13.0. The minimum absolute atomic E-state index is 0.238. The van der Waals surface area contributed by atoms with E-state index in [1.165, 1.54) is 0 Å². The van der Waals surface area contributed by atoms with Crippen LogP contribution in [-0.2, 0) is 11.2 Å². The molecule has 3 rings (SSSR count). The third-order valence-corrected chi connectivity index (χ3v) is 3.54. The highest BCUT2D eigenvalue weighted by molar-refractivity contribution is 5.96. The number of nitrogens with one attached hydrogen (secondary N) is 2. The van der Waals surface area contributed by atoms with Gasteiger partial charge in [-0.15, -0.1) is 10.2 Å². The van der Waals surface area contributed by atoms with Crippen molar-refractivity contribution >= 4 is 11.6 Å². The second kappa shape index (κ2) is 7.32. The maximum absolute atomic E-state index is 12.8. The molecule has 2 N–H and O–H groups in total. The van der Waals surface area contributed by atoms with Crippen molar-refractivity contribution in [2.45, 2.75) is 12.3 Å². The number of amides is 1. The summed E-state index contributed by atoms with van der Waals surface area (Å²) in [5.41, 5.74) is 1.54. The molecule has 1 amide bonds. The van der Waals surface area contributed by atoms with E-state index in [0.717, 1.165) is 5.56 Å². The third-order valence-electron chi connectivity index (χ3n) is 3.54. The molecule has 0 aliphatic carbocycles. The zero-order valence-electron chi connectivity index (χ0n) is 13.0. The molecule has 0 bridgehead atoms. The molecule has 8 heteroatoms. The molecule has 0 aliphatic heterocycles. The summed E-state index contributed by atoms with van der Waals surface area (Å²) < 4.78 is 5.26. The number of nitrogens with zero attached hydrogens (tertiary/aromatic N) is 4. The Morgan fingerprint density at radius 2 is 2.04 bits per heavy atom. The van der Waals surface area contributed by atoms with E-state index in [2.05, 4.69) is 30.9 Å². The van der Waals surface area contributed by atoms with Crippen molar-refractivity contribution in [3.63, 3.8) is 0 Å². The van der Waals surface area contributed by atoms with Crippen LogP contribution >= 0.6 is 0 Å². The van der Waals surface area contributed by atoms with Crippen molar-refractivity contribution in [3.05, 3.63) is 60.2 Å². The van der Waals surface area contributed by atoms with E-state index >= 15 is 0 Å². The first-order chi connectivity index (χ1) is 11.8. The number of H-pyrrole nitrogens is 1. The molecular weight excluding hydrogens is 308 g/mol. The Bertz CT molecular complexity index is 791. The van der Waals surface area contributed by atoms with Gasteiger partial charge in [0.05, 0.1) is 12.8 Å². The lowest BCUT2D eigenvalue weighted by Gasteiger charge is -2.15. The highest BCUT2D eigenvalue weighted by Gasteiger charge is 2.26. The van der Waals surface area contributed by atoms with E-state index in [-0.39, 0.29) is 5.91 Å². The van der Waals surface area contributed by atoms with Gasteiger partial charge in [0.15, 0.2) is 5.82 Å². The number of aromatic nitrogens is 5. The number of hydrogen-bond acceptors (Lipinski definition) is 6. The summed E-state index contributed by atoms with van der Waals surface area (Å²) >= 11 is 0. The lowest BCUT2D eigenvalue weighted by molar-refractivity contribution is -0.117. The summed E-state index contributed by atoms with van der Waals surface area (Å²) in [5.74, 6) is 0.0922. The van der Waals surface area contributed by atoms with Gasteiger partial charge in [0.25, 0.3) is 0 Å². The first-order valence-corrected chi connectivity index (χ1v) is 7.34. The van der Waals surface area contributed by atoms with Gasteiger partial charge in [0.2, 0.25) is 5.91 Å². The smallest absolute Gasteiger partial charge is 0.235 e. The minimum Gasteiger partial charge on any atom is -0.495 e. The van der Waals surface area contributed by atoms with Crippen LogP contribution in [0.15, 0.2) is 48.8 Å². The molecule has 0 unspecified atom stereocenters. The molecule has 0 radical (unpaired) electrons. The monoisotopic (exact) mass is 324 g/mol. The number of benzene rings is 1. The van der Waals surface area contributed by atoms with Crippen LogP contribution in [0.25, 0.3) is 0 Å². The standard InChI is InChI=1S/C16H16N6O2/c1-24-14-5-3-2-4-13(14)18-16(23)12(15-19-21-22-20-15)10-11-6-8-17-9-7-11/h2-9,12H,10H2,1H3,(H,18,23)(H,19,20,21,22)/t12-/m0/s1. The fourth-order valence-electron chi connectivity index (χ4n) is 2.34. The molecule has 2 aromatic heterocycles. The molecular formula is C16H16N6O2. The van der Waals surface area contributed by atoms with Gasteiger partial charge < -0.3 is 10.1 Å². The topological polar surface area (TPSA) is 106 Å². The van der Waals surface area contributed by atoms with Crippen LogP contribution in [0.2, 0.25) is 0 Å². The normalized spacial score (nSPS) is 11.7. The van der Waals surface area contributed by atoms with Crippen LogP contribution in [0, 0.1) is 0 Å². The lowest BCUT2D eigenvalue weighted by Crippen LogP contribution is -2.24. The number of pyridine rings is 1. The van der Waals surface area contributed by atoms with E-state index in [0.29, 0.717) is 23.7 Å². The maximum atomic E-state index is 12.8. The molecule has 0 spiro atoms. The molecule has 1 atom stereocenters. The van der Waals surface area contributed by atoms with Gasteiger partial charge in [0.1, 0.15) is 11.7 Å². The summed E-state index contributed by atoms with van der Waals surface area (Å²) in [5, 5.41) is 16.7. The number of anilines is 1. The minimum atomic E-state index is -0.587. The van der Waals surface area contributed by atoms with Crippen molar-refractivity contribution in [2.24, 2.45) is 0 Å². The Morgan fingerprint density at radius 3 is 2.75 bits per heavy atom. The highest BCUT2D eigenvalue weighted by Crippen LogP contribution is 2.26. The summed E-state index contributed by atoms with van der Waals surface area (Å²) in [6.45, 7) is 0. The third kappa shape index (κ3) is 3.54. The van der Waals surface area contributed by atoms with E-state index < -0.39 is 5.92 Å². The maximum Gasteiger partial charge on any atom is 0.235 e. The van der Waals surface area contributed by atoms with E-state index in [1.54, 1.807) is 31.6 Å². The summed E-state index contributed by atoms with van der Waals surface area (Å²) in [6, 6.07) is 10.9. The molecule has 122 valence electrons. The van der Waals surface area contributed by atoms with Crippen LogP contribution < -0.4 is 10.1 Å². The Balaban J connectivity index is 1.84. The van der Waals surface area contributed by atoms with Crippen molar-refractivity contribution in [1.82, 2.24) is 25.6 Å². The number of carbonyl (C=O) groups excluding carboxylic acids is 1. The largest absolute Gasteiger partial charge is 0.495 e. The number of carbonyl (C=O) groups is 1. The number of methoxy groups -OCH3 is 1. The Kier molecular flexibility index (Phi) is 4.76. The van der Waals surface area contributed by atoms with Gasteiger partial charge in [-0.25, -0.2) is 0 Å². The number of aromatic amines is 1. The average molecular weight is 324 g/mol. The SMILES string of the molecule is COc1ccccc1NC(=O)[C@@H](Cc1ccncc1)c1nn[nH]n1. The Hall–Kier alpha value is -3.29. The van der Waals surface area contributed by atoms with Gasteiger partial charge >= 0.3 is 0 Å².